The lowest BCUT2D eigenvalue weighted by atomic mass is 10.0. The maximum absolute atomic E-state index is 13.9. The Morgan fingerprint density at radius 2 is 1.81 bits per heavy atom. The number of carbonyl (C=O) groups is 1. The van der Waals surface area contributed by atoms with Gasteiger partial charge >= 0.3 is 12.1 Å². The van der Waals surface area contributed by atoms with Crippen LogP contribution in [0.25, 0.3) is 28.1 Å². The Balaban J connectivity index is 2.18. The van der Waals surface area contributed by atoms with Gasteiger partial charge in [-0.1, -0.05) is 12.1 Å². The molecule has 0 aliphatic heterocycles. The molecular formula is C20H13F3N4O4. The summed E-state index contributed by atoms with van der Waals surface area (Å²) in [6.07, 6.45) is -4.97. The van der Waals surface area contributed by atoms with Crippen LogP contribution < -0.4 is 0 Å². The lowest BCUT2D eigenvalue weighted by molar-refractivity contribution is -0.384. The Kier molecular flexibility index (Phi) is 4.80. The van der Waals surface area contributed by atoms with E-state index in [9.17, 15) is 28.1 Å². The molecule has 4 rings (SSSR count). The lowest BCUT2D eigenvalue weighted by Gasteiger charge is -2.17. The molecule has 0 unspecified atom stereocenters. The molecule has 2 aromatic carbocycles. The van der Waals surface area contributed by atoms with E-state index in [1.807, 2.05) is 0 Å². The Bertz CT molecular complexity index is 1330. The van der Waals surface area contributed by atoms with Gasteiger partial charge in [0.05, 0.1) is 28.3 Å². The first kappa shape index (κ1) is 20.3. The third-order valence-electron chi connectivity index (χ3n) is 4.55. The molecule has 31 heavy (non-hydrogen) atoms. The van der Waals surface area contributed by atoms with Crippen LogP contribution in [-0.4, -0.2) is 31.9 Å². The molecule has 158 valence electrons. The van der Waals surface area contributed by atoms with Crippen molar-refractivity contribution in [3.05, 3.63) is 69.9 Å². The zero-order valence-electron chi connectivity index (χ0n) is 15.9. The van der Waals surface area contributed by atoms with Crippen LogP contribution in [0.15, 0.2) is 48.5 Å². The number of carbonyl (C=O) groups excluding carboxylic acids is 1. The van der Waals surface area contributed by atoms with Crippen molar-refractivity contribution in [3.63, 3.8) is 0 Å². The molecule has 8 nitrogen and oxygen atoms in total. The molecule has 11 heteroatoms. The molecule has 0 spiro atoms. The summed E-state index contributed by atoms with van der Waals surface area (Å²) in [7, 11) is 0. The number of esters is 1. The van der Waals surface area contributed by atoms with Gasteiger partial charge in [-0.05, 0) is 31.2 Å². The lowest BCUT2D eigenvalue weighted by Crippen LogP contribution is -2.21. The van der Waals surface area contributed by atoms with Gasteiger partial charge in [0, 0.05) is 17.7 Å². The molecule has 4 aromatic rings. The van der Waals surface area contributed by atoms with Crippen molar-refractivity contribution >= 4 is 28.5 Å². The highest BCUT2D eigenvalue weighted by Gasteiger charge is 2.41. The van der Waals surface area contributed by atoms with Gasteiger partial charge in [0.1, 0.15) is 5.56 Å². The van der Waals surface area contributed by atoms with Crippen molar-refractivity contribution in [2.75, 3.05) is 6.61 Å². The average molecular weight is 430 g/mol. The summed E-state index contributed by atoms with van der Waals surface area (Å²) >= 11 is 0. The summed E-state index contributed by atoms with van der Waals surface area (Å²) in [4.78, 5) is 30.8. The Hall–Kier alpha value is -4.02. The van der Waals surface area contributed by atoms with E-state index in [0.717, 1.165) is 12.1 Å². The second-order valence-corrected chi connectivity index (χ2v) is 6.44. The van der Waals surface area contributed by atoms with Crippen LogP contribution in [0.2, 0.25) is 0 Å². The van der Waals surface area contributed by atoms with Crippen molar-refractivity contribution in [1.82, 2.24) is 14.4 Å². The molecule has 2 heterocycles. The first-order valence-electron chi connectivity index (χ1n) is 9.02. The standard InChI is InChI=1S/C20H13F3N4O4/c1-2-31-18(28)15-16(11-7-9-12(10-8-11)27(29)30)26-14-6-4-3-5-13(14)24-19(26)25-17(15)20(21,22)23/h3-10H,2H2,1H3. The largest absolute Gasteiger partial charge is 0.462 e. The SMILES string of the molecule is CCOC(=O)c1c(C(F)(F)F)nc2nc3ccccc3n2c1-c1ccc([N+](=O)[O-])cc1. The number of non-ortho nitro benzene ring substituents is 1. The van der Waals surface area contributed by atoms with E-state index in [2.05, 4.69) is 9.97 Å². The normalized spacial score (nSPS) is 11.7. The van der Waals surface area contributed by atoms with Crippen LogP contribution in [0.5, 0.6) is 0 Å². The Morgan fingerprint density at radius 1 is 1.13 bits per heavy atom. The van der Waals surface area contributed by atoms with E-state index in [4.69, 9.17) is 4.74 Å². The number of para-hydroxylation sites is 2. The molecule has 0 N–H and O–H groups in total. The molecule has 0 fully saturated rings. The molecule has 0 aliphatic rings. The van der Waals surface area contributed by atoms with E-state index < -0.39 is 28.3 Å². The number of halogens is 3. The molecule has 2 aromatic heterocycles. The monoisotopic (exact) mass is 430 g/mol. The van der Waals surface area contributed by atoms with Crippen molar-refractivity contribution < 1.29 is 27.6 Å². The van der Waals surface area contributed by atoms with Crippen LogP contribution >= 0.6 is 0 Å². The number of alkyl halides is 3. The number of nitro groups is 1. The van der Waals surface area contributed by atoms with E-state index in [0.29, 0.717) is 11.0 Å². The zero-order valence-corrected chi connectivity index (χ0v) is 15.9. The average Bonchev–Trinajstić information content (AvgIpc) is 3.10. The minimum Gasteiger partial charge on any atom is -0.462 e. The highest BCUT2D eigenvalue weighted by molar-refractivity contribution is 5.99. The topological polar surface area (TPSA) is 99.6 Å². The van der Waals surface area contributed by atoms with Gasteiger partial charge in [-0.25, -0.2) is 14.8 Å². The minimum atomic E-state index is -4.97. The number of rotatable bonds is 4. The molecule has 0 aliphatic carbocycles. The fourth-order valence-corrected chi connectivity index (χ4v) is 3.30. The highest BCUT2D eigenvalue weighted by atomic mass is 19.4. The first-order chi connectivity index (χ1) is 14.7. The van der Waals surface area contributed by atoms with Crippen molar-refractivity contribution in [3.8, 4) is 11.3 Å². The molecule has 0 bridgehead atoms. The predicted octanol–water partition coefficient (Wildman–Crippen LogP) is 4.65. The summed E-state index contributed by atoms with van der Waals surface area (Å²) in [5, 5.41) is 11.0. The summed E-state index contributed by atoms with van der Waals surface area (Å²) in [6.45, 7) is 1.31. The quantitative estimate of drug-likeness (QED) is 0.265. The third-order valence-corrected chi connectivity index (χ3v) is 4.55. The van der Waals surface area contributed by atoms with Crippen LogP contribution in [0, 0.1) is 10.1 Å². The van der Waals surface area contributed by atoms with Crippen LogP contribution in [0.4, 0.5) is 18.9 Å². The molecule has 0 amide bonds. The number of hydrogen-bond donors (Lipinski definition) is 0. The summed E-state index contributed by atoms with van der Waals surface area (Å²) in [5.74, 6) is -1.48. The van der Waals surface area contributed by atoms with Gasteiger partial charge in [0.25, 0.3) is 5.69 Å². The molecule has 0 saturated carbocycles. The number of ether oxygens (including phenoxy) is 1. The summed E-state index contributed by atoms with van der Waals surface area (Å²) in [6, 6.07) is 11.4. The van der Waals surface area contributed by atoms with Gasteiger partial charge in [0.15, 0.2) is 5.69 Å². The maximum Gasteiger partial charge on any atom is 0.434 e. The van der Waals surface area contributed by atoms with E-state index >= 15 is 0 Å². The zero-order chi connectivity index (χ0) is 22.3. The number of imidazole rings is 1. The van der Waals surface area contributed by atoms with Crippen molar-refractivity contribution in [2.24, 2.45) is 0 Å². The van der Waals surface area contributed by atoms with Crippen molar-refractivity contribution in [2.45, 2.75) is 13.1 Å². The fourth-order valence-electron chi connectivity index (χ4n) is 3.30. The van der Waals surface area contributed by atoms with Gasteiger partial charge in [-0.15, -0.1) is 0 Å². The van der Waals surface area contributed by atoms with E-state index in [1.54, 1.807) is 24.3 Å². The number of hydrogen-bond acceptors (Lipinski definition) is 6. The third kappa shape index (κ3) is 3.43. The van der Waals surface area contributed by atoms with Gasteiger partial charge < -0.3 is 4.74 Å². The fraction of sp³-hybridized carbons (Fsp3) is 0.150. The van der Waals surface area contributed by atoms with Crippen LogP contribution in [0.1, 0.15) is 23.0 Å². The van der Waals surface area contributed by atoms with Gasteiger partial charge in [-0.3, -0.25) is 14.5 Å². The minimum absolute atomic E-state index is 0.134. The molecular weight excluding hydrogens is 417 g/mol. The van der Waals surface area contributed by atoms with E-state index in [1.165, 1.54) is 23.5 Å². The number of benzene rings is 2. The number of aromatic nitrogens is 3. The van der Waals surface area contributed by atoms with Gasteiger partial charge in [0.2, 0.25) is 5.78 Å². The second-order valence-electron chi connectivity index (χ2n) is 6.44. The van der Waals surface area contributed by atoms with Gasteiger partial charge in [-0.2, -0.15) is 13.2 Å². The van der Waals surface area contributed by atoms with Crippen LogP contribution in [-0.2, 0) is 10.9 Å². The van der Waals surface area contributed by atoms with E-state index in [-0.39, 0.29) is 29.3 Å². The first-order valence-corrected chi connectivity index (χ1v) is 9.02. The number of fused-ring (bicyclic) bond motifs is 3. The summed E-state index contributed by atoms with van der Waals surface area (Å²) < 4.78 is 47.9. The Morgan fingerprint density at radius 3 is 2.42 bits per heavy atom. The summed E-state index contributed by atoms with van der Waals surface area (Å²) in [5.41, 5.74) is -1.74. The second kappa shape index (κ2) is 7.35. The number of nitrogens with zero attached hydrogens (tertiary/aromatic N) is 4. The maximum atomic E-state index is 13.9. The molecule has 0 saturated heterocycles. The number of nitro benzene ring substituents is 1. The Labute approximate surface area is 172 Å². The highest BCUT2D eigenvalue weighted by Crippen LogP contribution is 2.38. The van der Waals surface area contributed by atoms with Crippen molar-refractivity contribution in [1.29, 1.82) is 0 Å². The molecule has 0 radical (unpaired) electrons. The van der Waals surface area contributed by atoms with Crippen LogP contribution in [0.3, 0.4) is 0 Å². The molecule has 0 atom stereocenters. The predicted molar refractivity (Wildman–Crippen MR) is 104 cm³/mol. The smallest absolute Gasteiger partial charge is 0.434 e.